The quantitative estimate of drug-likeness (QED) is 0.473. The van der Waals surface area contributed by atoms with Gasteiger partial charge in [-0.3, -0.25) is 4.79 Å². The molecule has 10 heavy (non-hydrogen) atoms. The van der Waals surface area contributed by atoms with E-state index in [2.05, 4.69) is 13.2 Å². The van der Waals surface area contributed by atoms with Crippen molar-refractivity contribution in [1.29, 1.82) is 0 Å². The zero-order valence-corrected chi connectivity index (χ0v) is 5.66. The van der Waals surface area contributed by atoms with Gasteiger partial charge in [-0.2, -0.15) is 0 Å². The van der Waals surface area contributed by atoms with Crippen LogP contribution in [0, 0.1) is 5.92 Å². The monoisotopic (exact) mass is 138 g/mol. The zero-order valence-electron chi connectivity index (χ0n) is 5.66. The molecule has 0 spiro atoms. The topological polar surface area (TPSA) is 37.3 Å². The van der Waals surface area contributed by atoms with E-state index in [0.29, 0.717) is 0 Å². The Morgan fingerprint density at radius 2 is 2.10 bits per heavy atom. The minimum Gasteiger partial charge on any atom is -0.481 e. The summed E-state index contributed by atoms with van der Waals surface area (Å²) in [5, 5.41) is 8.44. The van der Waals surface area contributed by atoms with Crippen molar-refractivity contribution in [2.75, 3.05) is 0 Å². The van der Waals surface area contributed by atoms with E-state index in [-0.39, 0.29) is 0 Å². The van der Waals surface area contributed by atoms with Crippen molar-refractivity contribution < 1.29 is 9.90 Å². The number of aliphatic carboxylic acids is 1. The highest BCUT2D eigenvalue weighted by Gasteiger charge is 2.06. The third kappa shape index (κ3) is 2.87. The van der Waals surface area contributed by atoms with E-state index in [1.807, 2.05) is 0 Å². The third-order valence-electron chi connectivity index (χ3n) is 0.994. The van der Waals surface area contributed by atoms with Gasteiger partial charge in [0.25, 0.3) is 0 Å². The van der Waals surface area contributed by atoms with Crippen LogP contribution >= 0.6 is 0 Å². The Morgan fingerprint density at radius 1 is 1.50 bits per heavy atom. The highest BCUT2D eigenvalue weighted by atomic mass is 16.4. The van der Waals surface area contributed by atoms with Crippen LogP contribution in [0.1, 0.15) is 0 Å². The zero-order chi connectivity index (χ0) is 7.98. The standard InChI is InChI=1S/C8H10O2/c1-3-5-6-7(4-2)8(9)10/h3-7H,1-2H2,(H,9,10). The van der Waals surface area contributed by atoms with E-state index in [4.69, 9.17) is 5.11 Å². The molecule has 0 radical (unpaired) electrons. The molecule has 0 aliphatic heterocycles. The molecule has 0 amide bonds. The molecule has 54 valence electrons. The Balaban J connectivity index is 4.07. The van der Waals surface area contributed by atoms with Crippen LogP contribution in [0.5, 0.6) is 0 Å². The fraction of sp³-hybridized carbons (Fsp3) is 0.125. The molecule has 0 aliphatic rings. The van der Waals surface area contributed by atoms with Crippen molar-refractivity contribution >= 4 is 5.97 Å². The molecule has 0 aromatic heterocycles. The molecule has 1 unspecified atom stereocenters. The highest BCUT2D eigenvalue weighted by Crippen LogP contribution is 1.99. The van der Waals surface area contributed by atoms with Crippen molar-refractivity contribution in [3.8, 4) is 0 Å². The number of hydrogen-bond donors (Lipinski definition) is 1. The van der Waals surface area contributed by atoms with Crippen LogP contribution in [0.15, 0.2) is 37.5 Å². The molecule has 1 atom stereocenters. The minimum absolute atomic E-state index is 0.599. The Bertz CT molecular complexity index is 168. The van der Waals surface area contributed by atoms with E-state index >= 15 is 0 Å². The largest absolute Gasteiger partial charge is 0.481 e. The molecule has 0 saturated heterocycles. The molecule has 0 aromatic rings. The summed E-state index contributed by atoms with van der Waals surface area (Å²) in [6.07, 6.45) is 5.99. The van der Waals surface area contributed by atoms with Gasteiger partial charge in [0.15, 0.2) is 0 Å². The lowest BCUT2D eigenvalue weighted by atomic mass is 10.1. The first-order valence-electron chi connectivity index (χ1n) is 2.87. The Hall–Kier alpha value is -1.31. The summed E-state index contributed by atoms with van der Waals surface area (Å²) in [7, 11) is 0. The van der Waals surface area contributed by atoms with Crippen molar-refractivity contribution in [1.82, 2.24) is 0 Å². The van der Waals surface area contributed by atoms with Gasteiger partial charge in [-0.25, -0.2) is 0 Å². The lowest BCUT2D eigenvalue weighted by Crippen LogP contribution is -2.06. The summed E-state index contributed by atoms with van der Waals surface area (Å²) in [4.78, 5) is 10.3. The Kier molecular flexibility index (Phi) is 3.96. The molecule has 0 rings (SSSR count). The normalized spacial score (nSPS) is 12.8. The number of allylic oxidation sites excluding steroid dienone is 2. The van der Waals surface area contributed by atoms with Crippen LogP contribution in [-0.2, 0) is 4.79 Å². The van der Waals surface area contributed by atoms with Crippen molar-refractivity contribution in [3.63, 3.8) is 0 Å². The van der Waals surface area contributed by atoms with Gasteiger partial charge in [-0.15, -0.1) is 6.58 Å². The first-order valence-corrected chi connectivity index (χ1v) is 2.87. The highest BCUT2D eigenvalue weighted by molar-refractivity contribution is 5.74. The van der Waals surface area contributed by atoms with Crippen LogP contribution < -0.4 is 0 Å². The van der Waals surface area contributed by atoms with Crippen LogP contribution in [0.4, 0.5) is 0 Å². The fourth-order valence-electron chi connectivity index (χ4n) is 0.460. The smallest absolute Gasteiger partial charge is 0.314 e. The SMILES string of the molecule is C=CC=CC(C=C)C(=O)O. The molecule has 0 bridgehead atoms. The number of hydrogen-bond acceptors (Lipinski definition) is 1. The Labute approximate surface area is 60.2 Å². The minimum atomic E-state index is -0.895. The average Bonchev–Trinajstić information content (AvgIpc) is 1.89. The molecular formula is C8H10O2. The average molecular weight is 138 g/mol. The summed E-state index contributed by atoms with van der Waals surface area (Å²) >= 11 is 0. The van der Waals surface area contributed by atoms with Gasteiger partial charge in [0.05, 0.1) is 5.92 Å². The molecule has 0 aliphatic carbocycles. The van der Waals surface area contributed by atoms with Gasteiger partial charge in [0.1, 0.15) is 0 Å². The molecular weight excluding hydrogens is 128 g/mol. The van der Waals surface area contributed by atoms with E-state index in [1.165, 1.54) is 18.2 Å². The van der Waals surface area contributed by atoms with Crippen molar-refractivity contribution in [3.05, 3.63) is 37.5 Å². The fourth-order valence-corrected chi connectivity index (χ4v) is 0.460. The number of carboxylic acids is 1. The van der Waals surface area contributed by atoms with Crippen LogP contribution in [-0.4, -0.2) is 11.1 Å². The molecule has 0 heterocycles. The first-order chi connectivity index (χ1) is 4.72. The molecule has 2 heteroatoms. The van der Waals surface area contributed by atoms with E-state index in [1.54, 1.807) is 6.08 Å². The molecule has 0 fully saturated rings. The maximum Gasteiger partial charge on any atom is 0.314 e. The van der Waals surface area contributed by atoms with Crippen molar-refractivity contribution in [2.24, 2.45) is 5.92 Å². The predicted molar refractivity (Wildman–Crippen MR) is 40.7 cm³/mol. The molecule has 0 saturated carbocycles. The maximum atomic E-state index is 10.3. The van der Waals surface area contributed by atoms with Gasteiger partial charge in [-0.1, -0.05) is 30.9 Å². The van der Waals surface area contributed by atoms with Gasteiger partial charge in [0.2, 0.25) is 0 Å². The van der Waals surface area contributed by atoms with Gasteiger partial charge in [0, 0.05) is 0 Å². The summed E-state index contributed by atoms with van der Waals surface area (Å²) in [5.74, 6) is -1.49. The second-order valence-electron chi connectivity index (χ2n) is 1.72. The summed E-state index contributed by atoms with van der Waals surface area (Å²) in [6, 6.07) is 0. The number of carbonyl (C=O) groups is 1. The second kappa shape index (κ2) is 4.56. The van der Waals surface area contributed by atoms with E-state index < -0.39 is 11.9 Å². The van der Waals surface area contributed by atoms with E-state index in [0.717, 1.165) is 0 Å². The lowest BCUT2D eigenvalue weighted by molar-refractivity contribution is -0.138. The first kappa shape index (κ1) is 8.69. The molecule has 2 nitrogen and oxygen atoms in total. The number of carboxylic acid groups (broad SMARTS) is 1. The Morgan fingerprint density at radius 3 is 2.40 bits per heavy atom. The molecule has 0 aromatic carbocycles. The summed E-state index contributed by atoms with van der Waals surface area (Å²) < 4.78 is 0. The van der Waals surface area contributed by atoms with E-state index in [9.17, 15) is 4.79 Å². The van der Waals surface area contributed by atoms with Gasteiger partial charge >= 0.3 is 5.97 Å². The molecule has 1 N–H and O–H groups in total. The van der Waals surface area contributed by atoms with Crippen molar-refractivity contribution in [2.45, 2.75) is 0 Å². The number of rotatable bonds is 4. The van der Waals surface area contributed by atoms with Gasteiger partial charge in [-0.05, 0) is 0 Å². The van der Waals surface area contributed by atoms with Crippen LogP contribution in [0.2, 0.25) is 0 Å². The van der Waals surface area contributed by atoms with Crippen LogP contribution in [0.3, 0.4) is 0 Å². The predicted octanol–water partition coefficient (Wildman–Crippen LogP) is 1.62. The summed E-state index contributed by atoms with van der Waals surface area (Å²) in [5.41, 5.74) is 0. The maximum absolute atomic E-state index is 10.3. The summed E-state index contributed by atoms with van der Waals surface area (Å²) in [6.45, 7) is 6.78. The third-order valence-corrected chi connectivity index (χ3v) is 0.994. The lowest BCUT2D eigenvalue weighted by Gasteiger charge is -1.96. The van der Waals surface area contributed by atoms with Gasteiger partial charge < -0.3 is 5.11 Å². The second-order valence-corrected chi connectivity index (χ2v) is 1.72. The van der Waals surface area contributed by atoms with Crippen LogP contribution in [0.25, 0.3) is 0 Å².